The summed E-state index contributed by atoms with van der Waals surface area (Å²) in [5.41, 5.74) is 0.696. The van der Waals surface area contributed by atoms with Crippen molar-refractivity contribution in [2.45, 2.75) is 37.3 Å². The lowest BCUT2D eigenvalue weighted by Gasteiger charge is -2.12. The van der Waals surface area contributed by atoms with Crippen LogP contribution in [0.5, 0.6) is 0 Å². The van der Waals surface area contributed by atoms with Crippen molar-refractivity contribution in [1.29, 1.82) is 0 Å². The topological polar surface area (TPSA) is 90.4 Å². The second kappa shape index (κ2) is 6.31. The molecule has 3 rings (SSSR count). The zero-order valence-electron chi connectivity index (χ0n) is 13.9. The predicted molar refractivity (Wildman–Crippen MR) is 98.8 cm³/mol. The number of rotatable bonds is 5. The molecule has 1 heterocycles. The highest BCUT2D eigenvalue weighted by Gasteiger charge is 2.30. The molecule has 1 unspecified atom stereocenters. The molecule has 0 aliphatic carbocycles. The monoisotopic (exact) mass is 399 g/mol. The van der Waals surface area contributed by atoms with E-state index >= 15 is 0 Å². The van der Waals surface area contributed by atoms with E-state index < -0.39 is 25.5 Å². The second-order valence-corrected chi connectivity index (χ2v) is 10.6. The first kappa shape index (κ1) is 18.2. The molecule has 25 heavy (non-hydrogen) atoms. The summed E-state index contributed by atoms with van der Waals surface area (Å²) in [5.74, 6) is 0. The third-order valence-corrected chi connectivity index (χ3v) is 8.63. The normalized spacial score (nSPS) is 14.2. The van der Waals surface area contributed by atoms with Crippen molar-refractivity contribution in [3.63, 3.8) is 0 Å². The van der Waals surface area contributed by atoms with Gasteiger partial charge in [0.15, 0.2) is 0 Å². The Morgan fingerprint density at radius 1 is 1.12 bits per heavy atom. The van der Waals surface area contributed by atoms with Gasteiger partial charge in [-0.05, 0) is 32.4 Å². The molecule has 9 heteroatoms. The van der Waals surface area contributed by atoms with Gasteiger partial charge >= 0.3 is 10.1 Å². The first-order valence-electron chi connectivity index (χ1n) is 7.64. The lowest BCUT2D eigenvalue weighted by Crippen LogP contribution is -2.23. The molecule has 134 valence electrons. The zero-order valence-corrected chi connectivity index (χ0v) is 16.3. The van der Waals surface area contributed by atoms with Crippen molar-refractivity contribution >= 4 is 52.6 Å². The molecular weight excluding hydrogens is 382 g/mol. The van der Waals surface area contributed by atoms with Gasteiger partial charge in [0.25, 0.3) is 10.1 Å². The molecule has 0 saturated carbocycles. The van der Waals surface area contributed by atoms with Gasteiger partial charge in [0, 0.05) is 10.8 Å². The molecule has 0 fully saturated rings. The van der Waals surface area contributed by atoms with E-state index in [1.165, 1.54) is 24.3 Å². The van der Waals surface area contributed by atoms with Crippen molar-refractivity contribution in [2.75, 3.05) is 0 Å². The molecule has 1 aromatic heterocycles. The van der Waals surface area contributed by atoms with E-state index in [2.05, 4.69) is 8.61 Å². The number of aromatic nitrogens is 1. The van der Waals surface area contributed by atoms with Crippen LogP contribution in [-0.4, -0.2) is 27.1 Å². The van der Waals surface area contributed by atoms with Gasteiger partial charge in [-0.25, -0.2) is 4.98 Å². The standard InChI is InChI=1S/C16H17NO5S3/c1-4-10(2)24(18,19)22-25(20,21)15-7-5-6-13-12(15)8-9-14-16(13)17-11(3)23-14/h5-10H,4H2,1-3H3. The molecule has 0 amide bonds. The molecule has 0 radical (unpaired) electrons. The van der Waals surface area contributed by atoms with E-state index in [1.807, 2.05) is 6.92 Å². The van der Waals surface area contributed by atoms with E-state index in [4.69, 9.17) is 0 Å². The molecule has 1 atom stereocenters. The Bertz CT molecular complexity index is 1160. The van der Waals surface area contributed by atoms with Crippen molar-refractivity contribution in [2.24, 2.45) is 0 Å². The Morgan fingerprint density at radius 2 is 1.84 bits per heavy atom. The molecular formula is C16H17NO5S3. The number of thiazole rings is 1. The van der Waals surface area contributed by atoms with Crippen LogP contribution in [0.4, 0.5) is 0 Å². The minimum absolute atomic E-state index is 0.176. The maximum Gasteiger partial charge on any atom is 0.312 e. The van der Waals surface area contributed by atoms with Crippen molar-refractivity contribution < 1.29 is 20.5 Å². The van der Waals surface area contributed by atoms with Crippen LogP contribution in [0.15, 0.2) is 35.2 Å². The summed E-state index contributed by atoms with van der Waals surface area (Å²) >= 11 is 1.51. The fourth-order valence-electron chi connectivity index (χ4n) is 2.48. The third kappa shape index (κ3) is 3.29. The van der Waals surface area contributed by atoms with Gasteiger partial charge in [0.1, 0.15) is 4.90 Å². The van der Waals surface area contributed by atoms with Gasteiger partial charge in [0.05, 0.1) is 20.5 Å². The third-order valence-electron chi connectivity index (χ3n) is 4.00. The van der Waals surface area contributed by atoms with Crippen LogP contribution in [0.1, 0.15) is 25.3 Å². The van der Waals surface area contributed by atoms with E-state index in [-0.39, 0.29) is 11.3 Å². The van der Waals surface area contributed by atoms with E-state index in [9.17, 15) is 16.8 Å². The smallest absolute Gasteiger partial charge is 0.241 e. The average Bonchev–Trinajstić information content (AvgIpc) is 2.93. The number of hydrogen-bond donors (Lipinski definition) is 0. The number of fused-ring (bicyclic) bond motifs is 3. The van der Waals surface area contributed by atoms with Crippen LogP contribution in [0, 0.1) is 6.92 Å². The quantitative estimate of drug-likeness (QED) is 0.651. The molecule has 3 aromatic rings. The lowest BCUT2D eigenvalue weighted by molar-refractivity contribution is 0.453. The molecule has 0 aliphatic rings. The minimum Gasteiger partial charge on any atom is -0.241 e. The molecule has 0 spiro atoms. The second-order valence-electron chi connectivity index (χ2n) is 5.73. The number of aryl methyl sites for hydroxylation is 1. The van der Waals surface area contributed by atoms with Crippen molar-refractivity contribution in [3.8, 4) is 0 Å². The van der Waals surface area contributed by atoms with Gasteiger partial charge in [0.2, 0.25) is 0 Å². The number of nitrogens with zero attached hydrogens (tertiary/aromatic N) is 1. The largest absolute Gasteiger partial charge is 0.312 e. The highest BCUT2D eigenvalue weighted by molar-refractivity contribution is 8.00. The van der Waals surface area contributed by atoms with Gasteiger partial charge < -0.3 is 0 Å². The van der Waals surface area contributed by atoms with Crippen LogP contribution in [-0.2, 0) is 23.9 Å². The number of hydrogen-bond acceptors (Lipinski definition) is 7. The molecule has 0 saturated heterocycles. The molecule has 0 N–H and O–H groups in total. The summed E-state index contributed by atoms with van der Waals surface area (Å²) in [7, 11) is -8.70. The first-order valence-corrected chi connectivity index (χ1v) is 11.3. The SMILES string of the molecule is CCC(C)S(=O)(=O)OS(=O)(=O)c1cccc2c1ccc1sc(C)nc12. The summed E-state index contributed by atoms with van der Waals surface area (Å²) < 4.78 is 54.9. The summed E-state index contributed by atoms with van der Waals surface area (Å²) in [4.78, 5) is 4.27. The molecule has 6 nitrogen and oxygen atoms in total. The lowest BCUT2D eigenvalue weighted by atomic mass is 10.1. The maximum atomic E-state index is 12.6. The van der Waals surface area contributed by atoms with Gasteiger partial charge in [-0.3, -0.25) is 0 Å². The van der Waals surface area contributed by atoms with Crippen molar-refractivity contribution in [1.82, 2.24) is 4.98 Å². The fourth-order valence-corrected chi connectivity index (χ4v) is 6.25. The molecule has 0 bridgehead atoms. The maximum absolute atomic E-state index is 12.6. The summed E-state index contributed by atoms with van der Waals surface area (Å²) in [6.45, 7) is 4.94. The first-order chi connectivity index (χ1) is 11.7. The summed E-state index contributed by atoms with van der Waals surface area (Å²) in [6, 6.07) is 8.10. The van der Waals surface area contributed by atoms with Gasteiger partial charge in [-0.2, -0.15) is 16.8 Å². The Morgan fingerprint density at radius 3 is 2.52 bits per heavy atom. The summed E-state index contributed by atoms with van der Waals surface area (Å²) in [6.07, 6.45) is 0.256. The van der Waals surface area contributed by atoms with Gasteiger partial charge in [-0.15, -0.1) is 15.0 Å². The Labute approximate surface area is 150 Å². The van der Waals surface area contributed by atoms with Crippen LogP contribution in [0.3, 0.4) is 0 Å². The minimum atomic E-state index is -4.47. The average molecular weight is 400 g/mol. The Hall–Kier alpha value is -1.55. The van der Waals surface area contributed by atoms with Crippen LogP contribution >= 0.6 is 11.3 Å². The Kier molecular flexibility index (Phi) is 4.61. The van der Waals surface area contributed by atoms with E-state index in [0.717, 1.165) is 9.71 Å². The van der Waals surface area contributed by atoms with Crippen LogP contribution < -0.4 is 0 Å². The van der Waals surface area contributed by atoms with Gasteiger partial charge in [-0.1, -0.05) is 25.1 Å². The molecule has 2 aromatic carbocycles. The molecule has 0 aliphatic heterocycles. The fraction of sp³-hybridized carbons (Fsp3) is 0.312. The van der Waals surface area contributed by atoms with Crippen LogP contribution in [0.2, 0.25) is 0 Å². The van der Waals surface area contributed by atoms with Crippen molar-refractivity contribution in [3.05, 3.63) is 35.3 Å². The zero-order chi connectivity index (χ0) is 18.4. The predicted octanol–water partition coefficient (Wildman–Crippen LogP) is 3.59. The summed E-state index contributed by atoms with van der Waals surface area (Å²) in [5, 5.41) is 0.989. The Balaban J connectivity index is 2.20. The number of benzene rings is 2. The highest BCUT2D eigenvalue weighted by atomic mass is 32.3. The van der Waals surface area contributed by atoms with E-state index in [1.54, 1.807) is 31.2 Å². The van der Waals surface area contributed by atoms with E-state index in [0.29, 0.717) is 16.3 Å². The van der Waals surface area contributed by atoms with Crippen LogP contribution in [0.25, 0.3) is 21.0 Å². The highest BCUT2D eigenvalue weighted by Crippen LogP contribution is 2.33.